The topological polar surface area (TPSA) is 32.3 Å². The van der Waals surface area contributed by atoms with Crippen LogP contribution in [0.4, 0.5) is 0 Å². The number of carbonyl (C=O) groups is 1. The molecule has 2 unspecified atom stereocenters. The minimum Gasteiger partial charge on any atom is -0.323 e. The van der Waals surface area contributed by atoms with E-state index in [1.165, 1.54) is 12.8 Å². The summed E-state index contributed by atoms with van der Waals surface area (Å²) >= 11 is 0. The second kappa shape index (κ2) is 5.20. The van der Waals surface area contributed by atoms with Crippen LogP contribution in [0.1, 0.15) is 66.2 Å². The zero-order valence-electron chi connectivity index (χ0n) is 12.3. The molecule has 0 aromatic heterocycles. The fraction of sp³-hybridized carbons (Fsp3) is 0.933. The summed E-state index contributed by atoms with van der Waals surface area (Å²) in [4.78, 5) is 14.9. The predicted octanol–water partition coefficient (Wildman–Crippen LogP) is 2.90. The minimum absolute atomic E-state index is 0.202. The zero-order valence-corrected chi connectivity index (χ0v) is 12.3. The van der Waals surface area contributed by atoms with Gasteiger partial charge in [-0.25, -0.2) is 0 Å². The van der Waals surface area contributed by atoms with Gasteiger partial charge < -0.3 is 4.90 Å². The van der Waals surface area contributed by atoms with Crippen LogP contribution in [-0.2, 0) is 4.79 Å². The molecule has 0 aromatic rings. The van der Waals surface area contributed by atoms with E-state index in [0.29, 0.717) is 17.9 Å². The molecule has 1 aliphatic heterocycles. The van der Waals surface area contributed by atoms with Gasteiger partial charge in [0.15, 0.2) is 0 Å². The van der Waals surface area contributed by atoms with Crippen molar-refractivity contribution in [2.75, 3.05) is 0 Å². The van der Waals surface area contributed by atoms with Gasteiger partial charge in [-0.05, 0) is 38.5 Å². The minimum atomic E-state index is -0.202. The van der Waals surface area contributed by atoms with Crippen LogP contribution in [0.25, 0.3) is 0 Å². The van der Waals surface area contributed by atoms with Gasteiger partial charge in [0.2, 0.25) is 5.91 Å². The molecule has 2 rings (SSSR count). The third-order valence-corrected chi connectivity index (χ3v) is 4.55. The lowest BCUT2D eigenvalue weighted by Gasteiger charge is -2.31. The molecule has 2 atom stereocenters. The van der Waals surface area contributed by atoms with Gasteiger partial charge in [0, 0.05) is 6.04 Å². The van der Waals surface area contributed by atoms with E-state index in [2.05, 4.69) is 37.9 Å². The molecule has 0 bridgehead atoms. The lowest BCUT2D eigenvalue weighted by Crippen LogP contribution is -2.45. The lowest BCUT2D eigenvalue weighted by atomic mass is 9.96. The standard InChI is InChI=1S/C15H28N2O/c1-5-13-16-15(8-6-7-9-15)14(18)17(13)12(4)10-11(2)3/h11-13,16H,5-10H2,1-4H3. The number of hydrogen-bond donors (Lipinski definition) is 1. The normalized spacial score (nSPS) is 28.6. The molecule has 1 heterocycles. The molecule has 1 N–H and O–H groups in total. The fourth-order valence-electron chi connectivity index (χ4n) is 3.78. The molecule has 1 amide bonds. The highest BCUT2D eigenvalue weighted by Gasteiger charge is 2.52. The van der Waals surface area contributed by atoms with Crippen molar-refractivity contribution in [3.63, 3.8) is 0 Å². The number of amides is 1. The molecule has 0 radical (unpaired) electrons. The van der Waals surface area contributed by atoms with Crippen LogP contribution >= 0.6 is 0 Å². The molecule has 1 spiro atoms. The molecule has 3 heteroatoms. The van der Waals surface area contributed by atoms with Gasteiger partial charge in [0.25, 0.3) is 0 Å². The van der Waals surface area contributed by atoms with Crippen LogP contribution in [0.15, 0.2) is 0 Å². The fourth-order valence-corrected chi connectivity index (χ4v) is 3.78. The van der Waals surface area contributed by atoms with Crippen LogP contribution in [0.5, 0.6) is 0 Å². The Morgan fingerprint density at radius 1 is 1.33 bits per heavy atom. The SMILES string of the molecule is CCC1NC2(CCCC2)C(=O)N1C(C)CC(C)C. The van der Waals surface area contributed by atoms with E-state index in [1.54, 1.807) is 0 Å². The van der Waals surface area contributed by atoms with Gasteiger partial charge >= 0.3 is 0 Å². The molecule has 0 aromatic carbocycles. The second-order valence-electron chi connectivity index (χ2n) is 6.55. The maximum atomic E-state index is 12.8. The Bertz CT molecular complexity index is 308. The van der Waals surface area contributed by atoms with E-state index in [9.17, 15) is 4.79 Å². The average molecular weight is 252 g/mol. The van der Waals surface area contributed by atoms with Gasteiger partial charge in [0.05, 0.1) is 11.7 Å². The molecule has 1 aliphatic carbocycles. The molecule has 1 saturated carbocycles. The average Bonchev–Trinajstić information content (AvgIpc) is 2.86. The Morgan fingerprint density at radius 2 is 1.94 bits per heavy atom. The first-order valence-corrected chi connectivity index (χ1v) is 7.60. The highest BCUT2D eigenvalue weighted by molar-refractivity contribution is 5.89. The van der Waals surface area contributed by atoms with Crippen LogP contribution in [-0.4, -0.2) is 28.6 Å². The van der Waals surface area contributed by atoms with E-state index in [1.807, 2.05) is 0 Å². The van der Waals surface area contributed by atoms with Crippen LogP contribution in [0.2, 0.25) is 0 Å². The first-order chi connectivity index (χ1) is 8.50. The number of nitrogens with one attached hydrogen (secondary N) is 1. The zero-order chi connectivity index (χ0) is 13.3. The number of rotatable bonds is 4. The van der Waals surface area contributed by atoms with Gasteiger partial charge in [-0.1, -0.05) is 33.6 Å². The van der Waals surface area contributed by atoms with Gasteiger partial charge in [-0.15, -0.1) is 0 Å². The third-order valence-electron chi connectivity index (χ3n) is 4.55. The molecule has 2 fully saturated rings. The second-order valence-corrected chi connectivity index (χ2v) is 6.55. The molecular formula is C15H28N2O. The van der Waals surface area contributed by atoms with E-state index < -0.39 is 0 Å². The molecule has 18 heavy (non-hydrogen) atoms. The Balaban J connectivity index is 2.15. The molecule has 104 valence electrons. The van der Waals surface area contributed by atoms with Crippen LogP contribution in [0, 0.1) is 5.92 Å². The monoisotopic (exact) mass is 252 g/mol. The number of hydrogen-bond acceptors (Lipinski definition) is 2. The summed E-state index contributed by atoms with van der Waals surface area (Å²) in [6, 6.07) is 0.356. The summed E-state index contributed by atoms with van der Waals surface area (Å²) in [5.41, 5.74) is -0.202. The van der Waals surface area contributed by atoms with Crippen molar-refractivity contribution in [1.82, 2.24) is 10.2 Å². The summed E-state index contributed by atoms with van der Waals surface area (Å²) in [6.45, 7) is 8.84. The van der Waals surface area contributed by atoms with Gasteiger partial charge in [-0.3, -0.25) is 10.1 Å². The van der Waals surface area contributed by atoms with Crippen molar-refractivity contribution in [3.8, 4) is 0 Å². The van der Waals surface area contributed by atoms with Crippen molar-refractivity contribution in [1.29, 1.82) is 0 Å². The summed E-state index contributed by atoms with van der Waals surface area (Å²) in [6.07, 6.45) is 6.82. The highest BCUT2D eigenvalue weighted by Crippen LogP contribution is 2.38. The molecule has 1 saturated heterocycles. The van der Waals surface area contributed by atoms with Crippen molar-refractivity contribution >= 4 is 5.91 Å². The summed E-state index contributed by atoms with van der Waals surface area (Å²) in [7, 11) is 0. The lowest BCUT2D eigenvalue weighted by molar-refractivity contribution is -0.135. The Morgan fingerprint density at radius 3 is 2.44 bits per heavy atom. The number of carbonyl (C=O) groups excluding carboxylic acids is 1. The van der Waals surface area contributed by atoms with Crippen molar-refractivity contribution in [3.05, 3.63) is 0 Å². The largest absolute Gasteiger partial charge is 0.323 e. The van der Waals surface area contributed by atoms with Gasteiger partial charge in [-0.2, -0.15) is 0 Å². The van der Waals surface area contributed by atoms with Crippen LogP contribution < -0.4 is 5.32 Å². The van der Waals surface area contributed by atoms with E-state index in [-0.39, 0.29) is 11.7 Å². The van der Waals surface area contributed by atoms with Crippen molar-refractivity contribution in [2.45, 2.75) is 84.0 Å². The maximum absolute atomic E-state index is 12.8. The first kappa shape index (κ1) is 13.9. The molecular weight excluding hydrogens is 224 g/mol. The van der Waals surface area contributed by atoms with Crippen molar-refractivity contribution in [2.24, 2.45) is 5.92 Å². The smallest absolute Gasteiger partial charge is 0.244 e. The van der Waals surface area contributed by atoms with Crippen LogP contribution in [0.3, 0.4) is 0 Å². The third kappa shape index (κ3) is 2.29. The van der Waals surface area contributed by atoms with Gasteiger partial charge in [0.1, 0.15) is 0 Å². The van der Waals surface area contributed by atoms with E-state index in [0.717, 1.165) is 25.7 Å². The highest BCUT2D eigenvalue weighted by atomic mass is 16.2. The Labute approximate surface area is 111 Å². The number of nitrogens with zero attached hydrogens (tertiary/aromatic N) is 1. The maximum Gasteiger partial charge on any atom is 0.244 e. The summed E-state index contributed by atoms with van der Waals surface area (Å²) in [5, 5.41) is 3.65. The predicted molar refractivity (Wildman–Crippen MR) is 74.2 cm³/mol. The summed E-state index contributed by atoms with van der Waals surface area (Å²) in [5.74, 6) is 1.02. The quantitative estimate of drug-likeness (QED) is 0.834. The van der Waals surface area contributed by atoms with E-state index >= 15 is 0 Å². The Hall–Kier alpha value is -0.570. The summed E-state index contributed by atoms with van der Waals surface area (Å²) < 4.78 is 0. The molecule has 3 nitrogen and oxygen atoms in total. The van der Waals surface area contributed by atoms with Crippen molar-refractivity contribution < 1.29 is 4.79 Å². The Kier molecular flexibility index (Phi) is 4.00. The first-order valence-electron chi connectivity index (χ1n) is 7.60. The van der Waals surface area contributed by atoms with E-state index in [4.69, 9.17) is 0 Å². The molecule has 2 aliphatic rings.